The van der Waals surface area contributed by atoms with Crippen LogP contribution in [-0.2, 0) is 10.8 Å². The molecule has 0 saturated heterocycles. The van der Waals surface area contributed by atoms with Crippen molar-refractivity contribution in [2.45, 2.75) is 38.5 Å². The first kappa shape index (κ1) is 32.0. The molecule has 9 aromatic rings. The van der Waals surface area contributed by atoms with Crippen molar-refractivity contribution in [1.29, 1.82) is 0 Å². The van der Waals surface area contributed by atoms with Crippen LogP contribution in [0.3, 0.4) is 0 Å². The lowest BCUT2D eigenvalue weighted by Gasteiger charge is -2.22. The third-order valence-electron chi connectivity index (χ3n) is 12.6. The molecule has 11 rings (SSSR count). The molecule has 2 aromatic heterocycles. The molecule has 7 aromatic carbocycles. The molecule has 0 radical (unpaired) electrons. The number of hydrogen-bond acceptors (Lipinski definition) is 1. The first-order valence-corrected chi connectivity index (χ1v) is 19.4. The molecule has 2 nitrogen and oxygen atoms in total. The van der Waals surface area contributed by atoms with Crippen molar-refractivity contribution in [3.8, 4) is 67.0 Å². The van der Waals surface area contributed by atoms with Crippen LogP contribution in [-0.4, -0.2) is 9.97 Å². The lowest BCUT2D eigenvalue weighted by Crippen LogP contribution is -2.15. The minimum atomic E-state index is -0.0809. The van der Waals surface area contributed by atoms with Crippen molar-refractivity contribution >= 4 is 21.8 Å². The minimum Gasteiger partial charge on any atom is -0.354 e. The number of H-pyrrole nitrogens is 1. The van der Waals surface area contributed by atoms with Gasteiger partial charge in [0, 0.05) is 38.2 Å². The van der Waals surface area contributed by atoms with E-state index in [1.54, 1.807) is 0 Å². The van der Waals surface area contributed by atoms with E-state index in [1.165, 1.54) is 77.5 Å². The fraction of sp³-hybridized carbons (Fsp3) is 0.113. The molecule has 0 aliphatic heterocycles. The zero-order valence-corrected chi connectivity index (χ0v) is 31.5. The molecule has 2 aliphatic carbocycles. The minimum absolute atomic E-state index is 0.0809. The smallest absolute Gasteiger partial charge is 0.0730 e. The van der Waals surface area contributed by atoms with Crippen LogP contribution in [0.4, 0.5) is 0 Å². The van der Waals surface area contributed by atoms with Gasteiger partial charge in [-0.05, 0) is 115 Å². The maximum atomic E-state index is 5.40. The summed E-state index contributed by atoms with van der Waals surface area (Å²) in [5.74, 6) is 0. The van der Waals surface area contributed by atoms with E-state index in [-0.39, 0.29) is 10.8 Å². The Morgan fingerprint density at radius 3 is 1.51 bits per heavy atom. The van der Waals surface area contributed by atoms with Gasteiger partial charge in [-0.1, -0.05) is 143 Å². The van der Waals surface area contributed by atoms with Crippen LogP contribution >= 0.6 is 0 Å². The van der Waals surface area contributed by atoms with Crippen molar-refractivity contribution in [2.75, 3.05) is 0 Å². The third-order valence-corrected chi connectivity index (χ3v) is 12.6. The fourth-order valence-electron chi connectivity index (χ4n) is 9.71. The average molecular weight is 705 g/mol. The predicted molar refractivity (Wildman–Crippen MR) is 230 cm³/mol. The average Bonchev–Trinajstić information content (AvgIpc) is 3.80. The fourth-order valence-corrected chi connectivity index (χ4v) is 9.71. The van der Waals surface area contributed by atoms with Gasteiger partial charge in [-0.25, -0.2) is 4.98 Å². The molecule has 2 heteroatoms. The highest BCUT2D eigenvalue weighted by Crippen LogP contribution is 2.51. The lowest BCUT2D eigenvalue weighted by atomic mass is 9.81. The first-order valence-electron chi connectivity index (χ1n) is 19.4. The van der Waals surface area contributed by atoms with Crippen molar-refractivity contribution in [1.82, 2.24) is 9.97 Å². The molecule has 0 fully saturated rings. The van der Waals surface area contributed by atoms with Crippen LogP contribution in [0.15, 0.2) is 164 Å². The van der Waals surface area contributed by atoms with E-state index in [9.17, 15) is 0 Å². The Labute approximate surface area is 322 Å². The Morgan fingerprint density at radius 1 is 0.364 bits per heavy atom. The molecule has 0 bridgehead atoms. The second-order valence-corrected chi connectivity index (χ2v) is 16.5. The molecule has 0 unspecified atom stereocenters. The first-order chi connectivity index (χ1) is 26.8. The summed E-state index contributed by atoms with van der Waals surface area (Å²) in [6.07, 6.45) is 0. The van der Waals surface area contributed by atoms with Crippen molar-refractivity contribution < 1.29 is 0 Å². The molecule has 0 spiro atoms. The molecule has 1 N–H and O–H groups in total. The number of pyridine rings is 1. The van der Waals surface area contributed by atoms with Gasteiger partial charge in [0.1, 0.15) is 0 Å². The van der Waals surface area contributed by atoms with E-state index >= 15 is 0 Å². The predicted octanol–water partition coefficient (Wildman–Crippen LogP) is 14.0. The van der Waals surface area contributed by atoms with Crippen LogP contribution in [0.2, 0.25) is 0 Å². The number of nitrogens with zero attached hydrogens (tertiary/aromatic N) is 1. The second kappa shape index (κ2) is 11.5. The summed E-state index contributed by atoms with van der Waals surface area (Å²) < 4.78 is 0. The van der Waals surface area contributed by atoms with Crippen molar-refractivity contribution in [3.05, 3.63) is 186 Å². The number of fused-ring (bicyclic) bond motifs is 9. The van der Waals surface area contributed by atoms with Gasteiger partial charge in [-0.2, -0.15) is 0 Å². The van der Waals surface area contributed by atoms with Gasteiger partial charge in [0.25, 0.3) is 0 Å². The molecule has 0 saturated carbocycles. The second-order valence-electron chi connectivity index (χ2n) is 16.5. The molecule has 2 aliphatic rings. The Kier molecular flexibility index (Phi) is 6.68. The molecule has 0 atom stereocenters. The number of aromatic amines is 1. The molecular weight excluding hydrogens is 665 g/mol. The molecule has 2 heterocycles. The van der Waals surface area contributed by atoms with Gasteiger partial charge in [0.05, 0.1) is 16.9 Å². The van der Waals surface area contributed by atoms with Gasteiger partial charge in [-0.3, -0.25) is 0 Å². The highest BCUT2D eigenvalue weighted by atomic mass is 14.7. The zero-order valence-electron chi connectivity index (χ0n) is 31.5. The quantitative estimate of drug-likeness (QED) is 0.194. The summed E-state index contributed by atoms with van der Waals surface area (Å²) in [6.45, 7) is 9.43. The Balaban J connectivity index is 1.09. The van der Waals surface area contributed by atoms with Gasteiger partial charge < -0.3 is 4.98 Å². The van der Waals surface area contributed by atoms with Crippen LogP contribution in [0.1, 0.15) is 49.9 Å². The molecule has 0 amide bonds. The van der Waals surface area contributed by atoms with Crippen LogP contribution in [0, 0.1) is 0 Å². The van der Waals surface area contributed by atoms with Gasteiger partial charge in [0.2, 0.25) is 0 Å². The number of para-hydroxylation sites is 2. The summed E-state index contributed by atoms with van der Waals surface area (Å²) in [4.78, 5) is 9.09. The third kappa shape index (κ3) is 4.71. The van der Waals surface area contributed by atoms with Crippen molar-refractivity contribution in [3.63, 3.8) is 0 Å². The molecule has 55 heavy (non-hydrogen) atoms. The molecular formula is C53H40N2. The number of hydrogen-bond donors (Lipinski definition) is 1. The van der Waals surface area contributed by atoms with E-state index in [0.717, 1.165) is 33.5 Å². The maximum absolute atomic E-state index is 5.40. The lowest BCUT2D eigenvalue weighted by molar-refractivity contribution is 0.660. The van der Waals surface area contributed by atoms with Crippen LogP contribution < -0.4 is 0 Å². The zero-order chi connectivity index (χ0) is 37.1. The van der Waals surface area contributed by atoms with E-state index in [2.05, 4.69) is 196 Å². The van der Waals surface area contributed by atoms with Crippen molar-refractivity contribution in [2.24, 2.45) is 0 Å². The number of benzene rings is 7. The summed E-state index contributed by atoms with van der Waals surface area (Å²) >= 11 is 0. The maximum Gasteiger partial charge on any atom is 0.0730 e. The largest absolute Gasteiger partial charge is 0.354 e. The number of aromatic nitrogens is 2. The van der Waals surface area contributed by atoms with Gasteiger partial charge in [0.15, 0.2) is 0 Å². The Morgan fingerprint density at radius 2 is 0.855 bits per heavy atom. The summed E-state index contributed by atoms with van der Waals surface area (Å²) in [6, 6.07) is 60.4. The monoisotopic (exact) mass is 704 g/mol. The van der Waals surface area contributed by atoms with Gasteiger partial charge >= 0.3 is 0 Å². The Bertz CT molecular complexity index is 2920. The van der Waals surface area contributed by atoms with E-state index in [1.807, 2.05) is 0 Å². The highest BCUT2D eigenvalue weighted by molar-refractivity contribution is 6.11. The highest BCUT2D eigenvalue weighted by Gasteiger charge is 2.36. The topological polar surface area (TPSA) is 28.7 Å². The van der Waals surface area contributed by atoms with Crippen LogP contribution in [0.5, 0.6) is 0 Å². The van der Waals surface area contributed by atoms with Crippen LogP contribution in [0.25, 0.3) is 88.8 Å². The van der Waals surface area contributed by atoms with E-state index in [4.69, 9.17) is 4.98 Å². The van der Waals surface area contributed by atoms with Gasteiger partial charge in [-0.15, -0.1) is 0 Å². The molecule has 262 valence electrons. The normalized spacial score (nSPS) is 14.5. The summed E-state index contributed by atoms with van der Waals surface area (Å²) in [5.41, 5.74) is 21.9. The Hall–Kier alpha value is -6.51. The van der Waals surface area contributed by atoms with E-state index < -0.39 is 0 Å². The standard InChI is InChI=1S/C53H40N2/c1-52(2)44-18-8-5-13-37(44)39-25-23-32(30-46(39)52)34-27-35(33-24-26-40-38-14-6-9-19-45(38)53(3,4)47(40)31-33)29-36(28-34)48-21-12-22-50(54-48)43-17-11-16-42-41-15-7-10-20-49(41)55-51(42)43/h5-31,55H,1-4H3. The summed E-state index contributed by atoms with van der Waals surface area (Å²) in [5, 5.41) is 2.45. The summed E-state index contributed by atoms with van der Waals surface area (Å²) in [7, 11) is 0. The SMILES string of the molecule is CC1(C)c2ccccc2-c2ccc(-c3cc(-c4ccc5c(c4)C(C)(C)c4ccccc4-5)cc(-c4cccc(-c5cccc6c5[nH]c5ccccc56)n4)c3)cc21. The van der Waals surface area contributed by atoms with E-state index in [0.29, 0.717) is 0 Å². The number of rotatable bonds is 4. The number of nitrogens with one attached hydrogen (secondary N) is 1.